The molecular weight excluding hydrogens is 370 g/mol. The van der Waals surface area contributed by atoms with Gasteiger partial charge in [-0.25, -0.2) is 9.97 Å². The number of nitrogens with one attached hydrogen (secondary N) is 2. The number of aliphatic imine (C=N–C) groups is 1. The van der Waals surface area contributed by atoms with Gasteiger partial charge in [-0.1, -0.05) is 11.8 Å². The first-order valence-corrected chi connectivity index (χ1v) is 8.82. The van der Waals surface area contributed by atoms with Crippen LogP contribution in [0.2, 0.25) is 0 Å². The molecule has 1 fully saturated rings. The average Bonchev–Trinajstić information content (AvgIpc) is 3.01. The number of amidine groups is 1. The summed E-state index contributed by atoms with van der Waals surface area (Å²) in [5.41, 5.74) is 0.469. The lowest BCUT2D eigenvalue weighted by atomic mass is 10.2. The van der Waals surface area contributed by atoms with Gasteiger partial charge in [0.1, 0.15) is 16.7 Å². The monoisotopic (exact) mass is 387 g/mol. The van der Waals surface area contributed by atoms with Gasteiger partial charge in [-0.15, -0.1) is 0 Å². The number of anilines is 1. The van der Waals surface area contributed by atoms with Gasteiger partial charge in [-0.05, 0) is 18.2 Å². The van der Waals surface area contributed by atoms with E-state index in [0.29, 0.717) is 22.4 Å². The Labute approximate surface area is 159 Å². The number of thioether (sulfide) groups is 1. The Balaban J connectivity index is 1.65. The summed E-state index contributed by atoms with van der Waals surface area (Å²) in [5, 5.41) is 5.15. The Hall–Kier alpha value is -3.14. The predicted molar refractivity (Wildman–Crippen MR) is 101 cm³/mol. The Bertz CT molecular complexity index is 875. The lowest BCUT2D eigenvalue weighted by Crippen LogP contribution is -2.28. The summed E-state index contributed by atoms with van der Waals surface area (Å²) in [6.07, 6.45) is 3.09. The van der Waals surface area contributed by atoms with Crippen molar-refractivity contribution in [3.63, 3.8) is 0 Å². The number of benzene rings is 1. The van der Waals surface area contributed by atoms with Gasteiger partial charge in [-0.3, -0.25) is 9.59 Å². The van der Waals surface area contributed by atoms with E-state index in [1.165, 1.54) is 14.2 Å². The number of carbonyl (C=O) groups excluding carboxylic acids is 2. The lowest BCUT2D eigenvalue weighted by molar-refractivity contribution is -0.122. The maximum absolute atomic E-state index is 12.4. The number of amides is 2. The molecule has 27 heavy (non-hydrogen) atoms. The van der Waals surface area contributed by atoms with Crippen LogP contribution in [0.4, 0.5) is 11.6 Å². The van der Waals surface area contributed by atoms with Gasteiger partial charge >= 0.3 is 0 Å². The molecule has 0 spiro atoms. The topological polar surface area (TPSA) is 115 Å². The van der Waals surface area contributed by atoms with E-state index in [4.69, 9.17) is 9.47 Å². The van der Waals surface area contributed by atoms with Crippen LogP contribution in [-0.4, -0.2) is 46.4 Å². The molecule has 0 radical (unpaired) electrons. The fourth-order valence-corrected chi connectivity index (χ4v) is 3.28. The summed E-state index contributed by atoms with van der Waals surface area (Å²) in [7, 11) is 3.04. The van der Waals surface area contributed by atoms with Crippen molar-refractivity contribution in [2.24, 2.45) is 4.99 Å². The summed E-state index contributed by atoms with van der Waals surface area (Å²) >= 11 is 1.16. The van der Waals surface area contributed by atoms with Crippen molar-refractivity contribution in [1.82, 2.24) is 15.3 Å². The number of rotatable bonds is 6. The third-order valence-electron chi connectivity index (χ3n) is 3.58. The SMILES string of the molecule is COc1ccc(OC)c(NC(=O)CC2S/C(=N\c3ncccn3)NC2=O)c1. The maximum atomic E-state index is 12.4. The van der Waals surface area contributed by atoms with Crippen LogP contribution in [-0.2, 0) is 9.59 Å². The van der Waals surface area contributed by atoms with Crippen LogP contribution in [0.15, 0.2) is 41.7 Å². The zero-order valence-corrected chi connectivity index (χ0v) is 15.4. The van der Waals surface area contributed by atoms with Crippen molar-refractivity contribution in [3.05, 3.63) is 36.7 Å². The molecule has 1 atom stereocenters. The number of nitrogens with zero attached hydrogens (tertiary/aromatic N) is 3. The Morgan fingerprint density at radius 2 is 2.07 bits per heavy atom. The molecule has 2 aromatic rings. The van der Waals surface area contributed by atoms with Crippen molar-refractivity contribution in [1.29, 1.82) is 0 Å². The van der Waals surface area contributed by atoms with E-state index in [1.54, 1.807) is 36.7 Å². The van der Waals surface area contributed by atoms with Crippen LogP contribution in [0.5, 0.6) is 11.5 Å². The third kappa shape index (κ3) is 4.73. The minimum absolute atomic E-state index is 0.0223. The zero-order chi connectivity index (χ0) is 19.2. The second-order valence-electron chi connectivity index (χ2n) is 5.38. The Morgan fingerprint density at radius 3 is 2.78 bits per heavy atom. The van der Waals surface area contributed by atoms with E-state index in [1.807, 2.05) is 0 Å². The fraction of sp³-hybridized carbons (Fsp3) is 0.235. The molecule has 1 unspecified atom stereocenters. The van der Waals surface area contributed by atoms with Gasteiger partial charge < -0.3 is 20.1 Å². The third-order valence-corrected chi connectivity index (χ3v) is 4.66. The highest BCUT2D eigenvalue weighted by molar-refractivity contribution is 8.15. The van der Waals surface area contributed by atoms with E-state index in [2.05, 4.69) is 25.6 Å². The molecule has 0 bridgehead atoms. The van der Waals surface area contributed by atoms with Crippen LogP contribution in [0.1, 0.15) is 6.42 Å². The first kappa shape index (κ1) is 18.6. The molecule has 3 rings (SSSR count). The standard InChI is InChI=1S/C17H17N5O4S/c1-25-10-4-5-12(26-2)11(8-10)20-14(23)9-13-15(24)21-17(27-13)22-16-18-6-3-7-19-16/h3-8,13H,9H2,1-2H3,(H,20,23)(H,18,19,21,22,24). The molecule has 1 aliphatic rings. The number of aromatic nitrogens is 2. The average molecular weight is 387 g/mol. The minimum atomic E-state index is -0.593. The second-order valence-corrected chi connectivity index (χ2v) is 6.57. The molecule has 2 heterocycles. The molecule has 140 valence electrons. The molecule has 1 aromatic carbocycles. The van der Waals surface area contributed by atoms with Crippen molar-refractivity contribution in [2.45, 2.75) is 11.7 Å². The summed E-state index contributed by atoms with van der Waals surface area (Å²) in [5.74, 6) is 0.702. The molecule has 10 heteroatoms. The number of hydrogen-bond acceptors (Lipinski definition) is 8. The molecular formula is C17H17N5O4S. The smallest absolute Gasteiger partial charge is 0.251 e. The number of methoxy groups -OCH3 is 2. The minimum Gasteiger partial charge on any atom is -0.497 e. The molecule has 1 aliphatic heterocycles. The first-order valence-electron chi connectivity index (χ1n) is 7.94. The van der Waals surface area contributed by atoms with Crippen LogP contribution >= 0.6 is 11.8 Å². The van der Waals surface area contributed by atoms with Crippen molar-refractivity contribution in [3.8, 4) is 11.5 Å². The van der Waals surface area contributed by atoms with Crippen LogP contribution in [0.25, 0.3) is 0 Å². The van der Waals surface area contributed by atoms with Crippen LogP contribution in [0, 0.1) is 0 Å². The quantitative estimate of drug-likeness (QED) is 0.776. The van der Waals surface area contributed by atoms with E-state index in [-0.39, 0.29) is 24.2 Å². The normalized spacial score (nSPS) is 17.5. The molecule has 2 N–H and O–H groups in total. The molecule has 0 saturated carbocycles. The van der Waals surface area contributed by atoms with E-state index in [0.717, 1.165) is 11.8 Å². The molecule has 0 aliphatic carbocycles. The lowest BCUT2D eigenvalue weighted by Gasteiger charge is -2.12. The van der Waals surface area contributed by atoms with E-state index >= 15 is 0 Å². The van der Waals surface area contributed by atoms with Crippen molar-refractivity contribution in [2.75, 3.05) is 19.5 Å². The van der Waals surface area contributed by atoms with Gasteiger partial charge in [0, 0.05) is 24.9 Å². The highest BCUT2D eigenvalue weighted by atomic mass is 32.2. The van der Waals surface area contributed by atoms with Crippen molar-refractivity contribution < 1.29 is 19.1 Å². The maximum Gasteiger partial charge on any atom is 0.251 e. The Kier molecular flexibility index (Phi) is 5.87. The van der Waals surface area contributed by atoms with Gasteiger partial charge in [0.05, 0.1) is 19.9 Å². The summed E-state index contributed by atoms with van der Waals surface area (Å²) in [4.78, 5) is 36.6. The highest BCUT2D eigenvalue weighted by Crippen LogP contribution is 2.30. The van der Waals surface area contributed by atoms with Crippen LogP contribution in [0.3, 0.4) is 0 Å². The predicted octanol–water partition coefficient (Wildman–Crippen LogP) is 1.74. The largest absolute Gasteiger partial charge is 0.497 e. The Morgan fingerprint density at radius 1 is 1.30 bits per heavy atom. The molecule has 2 amide bonds. The molecule has 1 saturated heterocycles. The van der Waals surface area contributed by atoms with Gasteiger partial charge in [0.15, 0.2) is 5.17 Å². The summed E-state index contributed by atoms with van der Waals surface area (Å²) < 4.78 is 10.4. The second kappa shape index (κ2) is 8.49. The zero-order valence-electron chi connectivity index (χ0n) is 14.6. The van der Waals surface area contributed by atoms with E-state index in [9.17, 15) is 9.59 Å². The number of ether oxygens (including phenoxy) is 2. The van der Waals surface area contributed by atoms with Gasteiger partial charge in [0.25, 0.3) is 5.95 Å². The van der Waals surface area contributed by atoms with Crippen molar-refractivity contribution >= 4 is 40.4 Å². The number of hydrogen-bond donors (Lipinski definition) is 2. The fourth-order valence-electron chi connectivity index (χ4n) is 2.31. The summed E-state index contributed by atoms with van der Waals surface area (Å²) in [6, 6.07) is 6.74. The van der Waals surface area contributed by atoms with Gasteiger partial charge in [-0.2, -0.15) is 4.99 Å². The molecule has 9 nitrogen and oxygen atoms in total. The van der Waals surface area contributed by atoms with E-state index < -0.39 is 5.25 Å². The first-order chi connectivity index (χ1) is 13.1. The number of carbonyl (C=O) groups is 2. The summed E-state index contributed by atoms with van der Waals surface area (Å²) in [6.45, 7) is 0. The van der Waals surface area contributed by atoms with Crippen LogP contribution < -0.4 is 20.1 Å². The highest BCUT2D eigenvalue weighted by Gasteiger charge is 2.32. The molecule has 1 aromatic heterocycles. The van der Waals surface area contributed by atoms with Gasteiger partial charge in [0.2, 0.25) is 11.8 Å².